The van der Waals surface area contributed by atoms with Gasteiger partial charge in [-0.1, -0.05) is 117 Å². The molecule has 236 valence electrons. The van der Waals surface area contributed by atoms with E-state index in [0.29, 0.717) is 13.1 Å². The minimum Gasteiger partial charge on any atom is -0.389 e. The van der Waals surface area contributed by atoms with Crippen LogP contribution < -0.4 is 9.13 Å². The average molecular weight is 575 g/mol. The number of aliphatic hydroxyl groups is 2. The first kappa shape index (κ1) is 35.5. The lowest BCUT2D eigenvalue weighted by Gasteiger charge is -2.08. The zero-order valence-corrected chi connectivity index (χ0v) is 27.0. The first-order chi connectivity index (χ1) is 20.1. The number of hydrogen-bond donors (Lipinski definition) is 2. The molecule has 2 atom stereocenters. The maximum absolute atomic E-state index is 10.4. The van der Waals surface area contributed by atoms with Gasteiger partial charge in [0.25, 0.3) is 0 Å². The molecule has 2 heterocycles. The van der Waals surface area contributed by atoms with Crippen molar-refractivity contribution in [3.05, 3.63) is 37.4 Å². The smallest absolute Gasteiger partial charge is 0.243 e. The summed E-state index contributed by atoms with van der Waals surface area (Å²) in [5, 5.41) is 20.9. The minimum atomic E-state index is -0.244. The van der Waals surface area contributed by atoms with E-state index in [1.165, 1.54) is 96.3 Å². The van der Waals surface area contributed by atoms with Gasteiger partial charge in [0.15, 0.2) is 0 Å². The summed E-state index contributed by atoms with van der Waals surface area (Å²) in [6.07, 6.45) is 38.6. The minimum absolute atomic E-state index is 0.244. The molecule has 0 aromatic carbocycles. The molecule has 41 heavy (non-hydrogen) atoms. The van der Waals surface area contributed by atoms with Crippen molar-refractivity contribution in [2.75, 3.05) is 0 Å². The van der Waals surface area contributed by atoms with Gasteiger partial charge in [0.05, 0.1) is 25.3 Å². The third kappa shape index (κ3) is 18.5. The Morgan fingerprint density at radius 2 is 0.829 bits per heavy atom. The Morgan fingerprint density at radius 3 is 1.22 bits per heavy atom. The van der Waals surface area contributed by atoms with Crippen LogP contribution in [0.2, 0.25) is 0 Å². The summed E-state index contributed by atoms with van der Waals surface area (Å²) in [5.74, 6) is 0. The van der Waals surface area contributed by atoms with E-state index in [-0.39, 0.29) is 12.2 Å². The van der Waals surface area contributed by atoms with Crippen LogP contribution in [0.3, 0.4) is 0 Å². The number of hydrogen-bond acceptors (Lipinski definition) is 2. The summed E-state index contributed by atoms with van der Waals surface area (Å²) in [7, 11) is 0. The normalized spacial score (nSPS) is 13.2. The summed E-state index contributed by atoms with van der Waals surface area (Å²) < 4.78 is 8.77. The molecule has 2 N–H and O–H groups in total. The van der Waals surface area contributed by atoms with Crippen LogP contribution in [0.4, 0.5) is 0 Å². The van der Waals surface area contributed by atoms with Crippen molar-refractivity contribution in [2.45, 2.75) is 187 Å². The Labute approximate surface area is 252 Å². The number of aliphatic hydroxyl groups excluding tert-OH is 2. The quantitative estimate of drug-likeness (QED) is 0.0816. The molecule has 0 fully saturated rings. The Kier molecular flexibility index (Phi) is 20.7. The highest BCUT2D eigenvalue weighted by Gasteiger charge is 2.12. The number of nitrogens with zero attached hydrogens (tertiary/aromatic N) is 4. The average Bonchev–Trinajstić information content (AvgIpc) is 3.60. The van der Waals surface area contributed by atoms with Crippen molar-refractivity contribution in [3.63, 3.8) is 0 Å². The molecule has 0 amide bonds. The van der Waals surface area contributed by atoms with Crippen LogP contribution in [0.5, 0.6) is 0 Å². The molecule has 6 heteroatoms. The van der Waals surface area contributed by atoms with Crippen LogP contribution in [0, 0.1) is 0 Å². The number of unbranched alkanes of at least 4 members (excludes halogenated alkanes) is 16. The molecular formula is C35H66N4O2+2. The summed E-state index contributed by atoms with van der Waals surface area (Å²) in [6.45, 7) is 7.98. The molecule has 2 aromatic heterocycles. The highest BCUT2D eigenvalue weighted by molar-refractivity contribution is 4.69. The second-order valence-electron chi connectivity index (χ2n) is 12.6. The lowest BCUT2D eigenvalue weighted by Crippen LogP contribution is -2.38. The molecule has 0 saturated heterocycles. The van der Waals surface area contributed by atoms with Gasteiger partial charge in [-0.25, -0.2) is 18.3 Å². The molecule has 0 radical (unpaired) electrons. The van der Waals surface area contributed by atoms with Gasteiger partial charge < -0.3 is 10.2 Å². The van der Waals surface area contributed by atoms with E-state index in [1.807, 2.05) is 0 Å². The van der Waals surface area contributed by atoms with Crippen LogP contribution in [0.15, 0.2) is 37.4 Å². The van der Waals surface area contributed by atoms with Crippen molar-refractivity contribution in [1.82, 2.24) is 9.13 Å². The largest absolute Gasteiger partial charge is 0.389 e. The Balaban J connectivity index is 1.47. The van der Waals surface area contributed by atoms with Crippen LogP contribution in [-0.2, 0) is 26.2 Å². The standard InChI is InChI=1S/C35H66N4O2/c1-3-5-7-9-11-13-15-18-22-34(40)30-38-28-26-36(32-38)24-20-17-21-25-37-27-29-39(33-37)31-35(41)23-19-16-14-12-10-8-6-4-2/h26-29,32-35,40-41H,3-25,30-31H2,1-2H3/q+2. The third-order valence-electron chi connectivity index (χ3n) is 8.45. The highest BCUT2D eigenvalue weighted by atomic mass is 16.3. The first-order valence-corrected chi connectivity index (χ1v) is 17.6. The topological polar surface area (TPSA) is 58.1 Å². The molecule has 2 rings (SSSR count). The second-order valence-corrected chi connectivity index (χ2v) is 12.6. The molecule has 2 aromatic rings. The molecule has 2 unspecified atom stereocenters. The predicted octanol–water partition coefficient (Wildman–Crippen LogP) is 7.52. The predicted molar refractivity (Wildman–Crippen MR) is 170 cm³/mol. The van der Waals surface area contributed by atoms with E-state index in [4.69, 9.17) is 0 Å². The lowest BCUT2D eigenvalue weighted by molar-refractivity contribution is -0.703. The van der Waals surface area contributed by atoms with Crippen LogP contribution in [-0.4, -0.2) is 31.6 Å². The van der Waals surface area contributed by atoms with Gasteiger partial charge in [-0.2, -0.15) is 0 Å². The Bertz CT molecular complexity index is 781. The molecular weight excluding hydrogens is 508 g/mol. The highest BCUT2D eigenvalue weighted by Crippen LogP contribution is 2.12. The van der Waals surface area contributed by atoms with Crippen molar-refractivity contribution in [2.24, 2.45) is 0 Å². The third-order valence-corrected chi connectivity index (χ3v) is 8.45. The number of aromatic nitrogens is 4. The Hall–Kier alpha value is -1.66. The molecule has 6 nitrogen and oxygen atoms in total. The van der Waals surface area contributed by atoms with E-state index < -0.39 is 0 Å². The number of imidazole rings is 2. The van der Waals surface area contributed by atoms with E-state index in [9.17, 15) is 10.2 Å². The first-order valence-electron chi connectivity index (χ1n) is 17.6. The number of rotatable bonds is 28. The van der Waals surface area contributed by atoms with E-state index in [2.05, 4.69) is 69.6 Å². The maximum Gasteiger partial charge on any atom is 0.243 e. The van der Waals surface area contributed by atoms with Crippen molar-refractivity contribution in [3.8, 4) is 0 Å². The van der Waals surface area contributed by atoms with Crippen molar-refractivity contribution in [1.29, 1.82) is 0 Å². The molecule has 0 aliphatic heterocycles. The zero-order chi connectivity index (χ0) is 29.4. The van der Waals surface area contributed by atoms with Crippen LogP contribution >= 0.6 is 0 Å². The van der Waals surface area contributed by atoms with E-state index >= 15 is 0 Å². The van der Waals surface area contributed by atoms with Crippen LogP contribution in [0.25, 0.3) is 0 Å². The summed E-state index contributed by atoms with van der Waals surface area (Å²) in [6, 6.07) is 0. The second kappa shape index (κ2) is 23.9. The zero-order valence-electron chi connectivity index (χ0n) is 27.0. The molecule has 0 saturated carbocycles. The summed E-state index contributed by atoms with van der Waals surface area (Å²) in [5.41, 5.74) is 0. The molecule has 0 bridgehead atoms. The Morgan fingerprint density at radius 1 is 0.488 bits per heavy atom. The van der Waals surface area contributed by atoms with Crippen molar-refractivity contribution < 1.29 is 19.3 Å². The van der Waals surface area contributed by atoms with Gasteiger partial charge in [-0.05, 0) is 32.1 Å². The van der Waals surface area contributed by atoms with Gasteiger partial charge >= 0.3 is 0 Å². The molecule has 0 aliphatic carbocycles. The fourth-order valence-electron chi connectivity index (χ4n) is 5.82. The van der Waals surface area contributed by atoms with Gasteiger partial charge in [0.1, 0.15) is 37.9 Å². The van der Waals surface area contributed by atoms with Gasteiger partial charge in [-0.15, -0.1) is 0 Å². The maximum atomic E-state index is 10.4. The van der Waals surface area contributed by atoms with Crippen LogP contribution in [0.1, 0.15) is 149 Å². The fourth-order valence-corrected chi connectivity index (χ4v) is 5.82. The van der Waals surface area contributed by atoms with Gasteiger partial charge in [0, 0.05) is 0 Å². The SMILES string of the molecule is CCCCCCCCCCC(O)C[n+]1ccn(CCCCCn2cc[n+](CC(O)CCCCCCCCCC)c2)c1. The van der Waals surface area contributed by atoms with E-state index in [0.717, 1.165) is 51.6 Å². The fraction of sp³-hybridized carbons (Fsp3) is 0.829. The number of aryl methyl sites for hydroxylation is 2. The van der Waals surface area contributed by atoms with E-state index in [1.54, 1.807) is 0 Å². The molecule has 0 aliphatic rings. The van der Waals surface area contributed by atoms with Crippen molar-refractivity contribution >= 4 is 0 Å². The monoisotopic (exact) mass is 575 g/mol. The van der Waals surface area contributed by atoms with Gasteiger partial charge in [-0.3, -0.25) is 0 Å². The van der Waals surface area contributed by atoms with Gasteiger partial charge in [0.2, 0.25) is 12.7 Å². The lowest BCUT2D eigenvalue weighted by atomic mass is 10.1. The summed E-state index contributed by atoms with van der Waals surface area (Å²) in [4.78, 5) is 0. The summed E-state index contributed by atoms with van der Waals surface area (Å²) >= 11 is 0. The molecule has 0 spiro atoms.